The number of halogens is 1. The third-order valence-electron chi connectivity index (χ3n) is 3.41. The number of hydrogen-bond acceptors (Lipinski definition) is 3. The number of aromatic nitrogens is 1. The summed E-state index contributed by atoms with van der Waals surface area (Å²) >= 11 is 3.32. The van der Waals surface area contributed by atoms with E-state index in [1.54, 1.807) is 49.0 Å². The topological polar surface area (TPSA) is 53.5 Å². The van der Waals surface area contributed by atoms with Gasteiger partial charge in [-0.15, -0.1) is 0 Å². The van der Waals surface area contributed by atoms with Gasteiger partial charge in [0.05, 0.1) is 0 Å². The second kappa shape index (κ2) is 4.92. The average molecular weight is 326 g/mol. The van der Waals surface area contributed by atoms with E-state index in [-0.39, 0.29) is 11.8 Å². The van der Waals surface area contributed by atoms with Crippen LogP contribution in [0.5, 0.6) is 0 Å². The molecule has 1 aromatic heterocycles. The predicted molar refractivity (Wildman–Crippen MR) is 74.7 cm³/mol. The Kier molecular flexibility index (Phi) is 3.62. The molecule has 1 aliphatic rings. The van der Waals surface area contributed by atoms with Crippen molar-refractivity contribution in [2.24, 2.45) is 0 Å². The van der Waals surface area contributed by atoms with Crippen molar-refractivity contribution in [1.29, 1.82) is 0 Å². The first-order chi connectivity index (χ1) is 8.85. The lowest BCUT2D eigenvalue weighted by molar-refractivity contribution is -0.144. The Morgan fingerprint density at radius 3 is 2.74 bits per heavy atom. The number of pyridine rings is 1. The second-order valence-corrected chi connectivity index (χ2v) is 5.93. The zero-order valence-electron chi connectivity index (χ0n) is 11.2. The summed E-state index contributed by atoms with van der Waals surface area (Å²) < 4.78 is 0.641. The van der Waals surface area contributed by atoms with Crippen LogP contribution >= 0.6 is 15.9 Å². The maximum Gasteiger partial charge on any atom is 0.274 e. The summed E-state index contributed by atoms with van der Waals surface area (Å²) in [6.45, 7) is 4.58. The molecule has 0 atom stereocenters. The van der Waals surface area contributed by atoms with Crippen LogP contribution in [0.25, 0.3) is 0 Å². The molecule has 1 saturated heterocycles. The maximum absolute atomic E-state index is 12.6. The molecule has 102 valence electrons. The van der Waals surface area contributed by atoms with Crippen molar-refractivity contribution >= 4 is 27.7 Å². The minimum absolute atomic E-state index is 0.0563. The van der Waals surface area contributed by atoms with Gasteiger partial charge in [0.1, 0.15) is 11.2 Å². The third-order valence-corrected chi connectivity index (χ3v) is 4.05. The van der Waals surface area contributed by atoms with Gasteiger partial charge in [0.25, 0.3) is 5.91 Å². The smallest absolute Gasteiger partial charge is 0.274 e. The maximum atomic E-state index is 12.6. The average Bonchev–Trinajstić information content (AvgIpc) is 2.36. The number of rotatable bonds is 1. The Morgan fingerprint density at radius 2 is 2.11 bits per heavy atom. The fraction of sp³-hybridized carbons (Fsp3) is 0.462. The zero-order valence-corrected chi connectivity index (χ0v) is 12.8. The highest BCUT2D eigenvalue weighted by molar-refractivity contribution is 9.10. The molecule has 5 nitrogen and oxygen atoms in total. The summed E-state index contributed by atoms with van der Waals surface area (Å²) in [6.07, 6.45) is 1.57. The minimum Gasteiger partial charge on any atom is -0.342 e. The molecule has 2 amide bonds. The van der Waals surface area contributed by atoms with Gasteiger partial charge in [-0.25, -0.2) is 4.98 Å². The first-order valence-electron chi connectivity index (χ1n) is 6.03. The molecule has 0 N–H and O–H groups in total. The number of amides is 2. The van der Waals surface area contributed by atoms with E-state index in [1.165, 1.54) is 0 Å². The van der Waals surface area contributed by atoms with Crippen molar-refractivity contribution in [3.8, 4) is 0 Å². The highest BCUT2D eigenvalue weighted by atomic mass is 79.9. The molecule has 0 radical (unpaired) electrons. The number of carbonyl (C=O) groups is 2. The van der Waals surface area contributed by atoms with Gasteiger partial charge in [-0.2, -0.15) is 0 Å². The van der Waals surface area contributed by atoms with Crippen molar-refractivity contribution in [1.82, 2.24) is 14.8 Å². The molecular formula is C13H16BrN3O2. The monoisotopic (exact) mass is 325 g/mol. The lowest BCUT2D eigenvalue weighted by Crippen LogP contribution is -2.63. The van der Waals surface area contributed by atoms with Crippen LogP contribution in [0.2, 0.25) is 0 Å². The van der Waals surface area contributed by atoms with Crippen molar-refractivity contribution < 1.29 is 9.59 Å². The van der Waals surface area contributed by atoms with E-state index in [9.17, 15) is 9.59 Å². The first-order valence-corrected chi connectivity index (χ1v) is 6.83. The largest absolute Gasteiger partial charge is 0.342 e. The van der Waals surface area contributed by atoms with Crippen molar-refractivity contribution in [2.45, 2.75) is 19.4 Å². The van der Waals surface area contributed by atoms with Crippen LogP contribution in [0.15, 0.2) is 22.8 Å². The molecule has 19 heavy (non-hydrogen) atoms. The zero-order chi connectivity index (χ0) is 14.2. The van der Waals surface area contributed by atoms with Crippen molar-refractivity contribution in [3.63, 3.8) is 0 Å². The van der Waals surface area contributed by atoms with Gasteiger partial charge in [0.2, 0.25) is 5.91 Å². The summed E-state index contributed by atoms with van der Waals surface area (Å²) in [5, 5.41) is 0. The van der Waals surface area contributed by atoms with Crippen LogP contribution in [0.3, 0.4) is 0 Å². The molecule has 0 aliphatic carbocycles. The summed E-state index contributed by atoms with van der Waals surface area (Å²) in [4.78, 5) is 32.1. The van der Waals surface area contributed by atoms with Crippen LogP contribution in [0.1, 0.15) is 24.3 Å². The lowest BCUT2D eigenvalue weighted by atomic mass is 9.97. The van der Waals surface area contributed by atoms with Gasteiger partial charge in [0, 0.05) is 30.8 Å². The van der Waals surface area contributed by atoms with Gasteiger partial charge < -0.3 is 9.80 Å². The SMILES string of the molecule is CN1CCN(C(=O)c2ncccc2Br)C(C)(C)C1=O. The Balaban J connectivity index is 2.34. The molecule has 0 saturated carbocycles. The molecule has 0 unspecified atom stereocenters. The van der Waals surface area contributed by atoms with Crippen molar-refractivity contribution in [2.75, 3.05) is 20.1 Å². The van der Waals surface area contributed by atoms with E-state index in [2.05, 4.69) is 20.9 Å². The Labute approximate surface area is 120 Å². The number of piperazine rings is 1. The quantitative estimate of drug-likeness (QED) is 0.787. The molecule has 2 rings (SSSR count). The summed E-state index contributed by atoms with van der Waals surface area (Å²) in [5.74, 6) is -0.280. The molecule has 0 bridgehead atoms. The molecule has 6 heteroatoms. The molecule has 1 aliphatic heterocycles. The number of nitrogens with zero attached hydrogens (tertiary/aromatic N) is 3. The van der Waals surface area contributed by atoms with Gasteiger partial charge in [-0.05, 0) is 41.9 Å². The van der Waals surface area contributed by atoms with Crippen LogP contribution in [0.4, 0.5) is 0 Å². The van der Waals surface area contributed by atoms with E-state index in [4.69, 9.17) is 0 Å². The van der Waals surface area contributed by atoms with E-state index < -0.39 is 5.54 Å². The number of likely N-dealkylation sites (N-methyl/N-ethyl adjacent to an activating group) is 1. The first kappa shape index (κ1) is 14.0. The van der Waals surface area contributed by atoms with E-state index in [0.29, 0.717) is 23.3 Å². The highest BCUT2D eigenvalue weighted by Crippen LogP contribution is 2.25. The molecule has 0 spiro atoms. The van der Waals surface area contributed by atoms with E-state index in [1.807, 2.05) is 0 Å². The van der Waals surface area contributed by atoms with E-state index >= 15 is 0 Å². The fourth-order valence-corrected chi connectivity index (χ4v) is 2.66. The third kappa shape index (κ3) is 2.36. The molecule has 0 aromatic carbocycles. The van der Waals surface area contributed by atoms with Crippen LogP contribution in [0, 0.1) is 0 Å². The van der Waals surface area contributed by atoms with Crippen LogP contribution in [-0.4, -0.2) is 52.3 Å². The normalized spacial score (nSPS) is 18.6. The van der Waals surface area contributed by atoms with Crippen LogP contribution in [-0.2, 0) is 4.79 Å². The Morgan fingerprint density at radius 1 is 1.42 bits per heavy atom. The molecular weight excluding hydrogens is 310 g/mol. The van der Waals surface area contributed by atoms with Gasteiger partial charge in [-0.3, -0.25) is 9.59 Å². The fourth-order valence-electron chi connectivity index (χ4n) is 2.24. The van der Waals surface area contributed by atoms with E-state index in [0.717, 1.165) is 0 Å². The Bertz CT molecular complexity index is 530. The second-order valence-electron chi connectivity index (χ2n) is 5.08. The molecule has 1 fully saturated rings. The standard InChI is InChI=1S/C13H16BrN3O2/c1-13(2)12(19)16(3)7-8-17(13)11(18)10-9(14)5-4-6-15-10/h4-6H,7-8H2,1-3H3. The summed E-state index contributed by atoms with van der Waals surface area (Å²) in [5.41, 5.74) is -0.506. The number of carbonyl (C=O) groups excluding carboxylic acids is 2. The van der Waals surface area contributed by atoms with Gasteiger partial charge in [0.15, 0.2) is 0 Å². The van der Waals surface area contributed by atoms with Crippen molar-refractivity contribution in [3.05, 3.63) is 28.5 Å². The van der Waals surface area contributed by atoms with Crippen LogP contribution < -0.4 is 0 Å². The van der Waals surface area contributed by atoms with Gasteiger partial charge >= 0.3 is 0 Å². The Hall–Kier alpha value is -1.43. The summed E-state index contributed by atoms with van der Waals surface area (Å²) in [6, 6.07) is 3.52. The number of hydrogen-bond donors (Lipinski definition) is 0. The summed E-state index contributed by atoms with van der Waals surface area (Å²) in [7, 11) is 1.75. The minimum atomic E-state index is -0.846. The predicted octanol–water partition coefficient (Wildman–Crippen LogP) is 1.54. The molecule has 1 aromatic rings. The lowest BCUT2D eigenvalue weighted by Gasteiger charge is -2.44. The highest BCUT2D eigenvalue weighted by Gasteiger charge is 2.43. The molecule has 2 heterocycles. The van der Waals surface area contributed by atoms with Gasteiger partial charge in [-0.1, -0.05) is 0 Å².